The standard InChI is InChI=1S/C27H33F3N2O2/c1-32(24-13-12-20(26(31)33)17-25(24)34-27(28,29)30)23-15-21(18-8-4-2-5-9-18)14-22(16-23)19-10-6-3-7-11-19/h12-19H,2-11H2,1H3,(H2,31,33). The van der Waals surface area contributed by atoms with E-state index in [-0.39, 0.29) is 11.3 Å². The number of amides is 1. The fourth-order valence-corrected chi connectivity index (χ4v) is 5.49. The number of anilines is 2. The average Bonchev–Trinajstić information content (AvgIpc) is 2.83. The van der Waals surface area contributed by atoms with Crippen LogP contribution in [0.3, 0.4) is 0 Å². The summed E-state index contributed by atoms with van der Waals surface area (Å²) in [7, 11) is 1.74. The van der Waals surface area contributed by atoms with E-state index in [0.717, 1.165) is 37.4 Å². The zero-order valence-corrected chi connectivity index (χ0v) is 19.7. The van der Waals surface area contributed by atoms with Gasteiger partial charge in [-0.3, -0.25) is 4.79 Å². The first kappa shape index (κ1) is 24.4. The van der Waals surface area contributed by atoms with Gasteiger partial charge in [-0.15, -0.1) is 13.2 Å². The molecule has 0 aliphatic heterocycles. The lowest BCUT2D eigenvalue weighted by Gasteiger charge is -2.29. The van der Waals surface area contributed by atoms with E-state index < -0.39 is 18.0 Å². The number of rotatable bonds is 6. The smallest absolute Gasteiger partial charge is 0.404 e. The maximum absolute atomic E-state index is 13.2. The first-order chi connectivity index (χ1) is 16.2. The second kappa shape index (κ2) is 10.3. The van der Waals surface area contributed by atoms with Crippen LogP contribution in [0.15, 0.2) is 36.4 Å². The SMILES string of the molecule is CN(c1cc(C2CCCCC2)cc(C2CCCCC2)c1)c1ccc(C(N)=O)cc1OC(F)(F)F. The first-order valence-electron chi connectivity index (χ1n) is 12.3. The number of hydrogen-bond acceptors (Lipinski definition) is 3. The Morgan fingerprint density at radius 2 is 1.41 bits per heavy atom. The fraction of sp³-hybridized carbons (Fsp3) is 0.519. The monoisotopic (exact) mass is 474 g/mol. The minimum atomic E-state index is -4.89. The maximum atomic E-state index is 13.2. The molecule has 34 heavy (non-hydrogen) atoms. The predicted octanol–water partition coefficient (Wildman–Crippen LogP) is 7.55. The van der Waals surface area contributed by atoms with E-state index in [1.165, 1.54) is 61.8 Å². The number of alkyl halides is 3. The molecule has 2 aromatic carbocycles. The van der Waals surface area contributed by atoms with Crippen LogP contribution in [0.5, 0.6) is 5.75 Å². The molecule has 2 N–H and O–H groups in total. The molecule has 4 rings (SSSR count). The number of ether oxygens (including phenoxy) is 1. The van der Waals surface area contributed by atoms with Gasteiger partial charge in [0.1, 0.15) is 0 Å². The summed E-state index contributed by atoms with van der Waals surface area (Å²) in [5.74, 6) is -0.283. The quantitative estimate of drug-likeness (QED) is 0.470. The van der Waals surface area contributed by atoms with Crippen LogP contribution in [0.1, 0.15) is 97.5 Å². The fourth-order valence-electron chi connectivity index (χ4n) is 5.49. The number of nitrogens with zero attached hydrogens (tertiary/aromatic N) is 1. The third kappa shape index (κ3) is 5.86. The number of benzene rings is 2. The topological polar surface area (TPSA) is 55.6 Å². The maximum Gasteiger partial charge on any atom is 0.573 e. The van der Waals surface area contributed by atoms with Crippen LogP contribution in [-0.2, 0) is 0 Å². The molecule has 0 spiro atoms. The number of carbonyl (C=O) groups excluding carboxylic acids is 1. The largest absolute Gasteiger partial charge is 0.573 e. The minimum Gasteiger partial charge on any atom is -0.404 e. The van der Waals surface area contributed by atoms with Gasteiger partial charge < -0.3 is 15.4 Å². The summed E-state index contributed by atoms with van der Waals surface area (Å²) in [6.45, 7) is 0. The minimum absolute atomic E-state index is 0.0322. The molecule has 2 aromatic rings. The first-order valence-corrected chi connectivity index (χ1v) is 12.3. The van der Waals surface area contributed by atoms with E-state index in [0.29, 0.717) is 11.8 Å². The lowest BCUT2D eigenvalue weighted by molar-refractivity contribution is -0.274. The number of carbonyl (C=O) groups is 1. The highest BCUT2D eigenvalue weighted by molar-refractivity contribution is 5.94. The number of nitrogens with two attached hydrogens (primary N) is 1. The van der Waals surface area contributed by atoms with Gasteiger partial charge in [0.15, 0.2) is 5.75 Å². The van der Waals surface area contributed by atoms with Gasteiger partial charge in [-0.25, -0.2) is 0 Å². The molecule has 7 heteroatoms. The molecule has 4 nitrogen and oxygen atoms in total. The molecular weight excluding hydrogens is 441 g/mol. The molecule has 2 fully saturated rings. The molecule has 0 bridgehead atoms. The van der Waals surface area contributed by atoms with Gasteiger partial charge in [0.05, 0.1) is 5.69 Å². The summed E-state index contributed by atoms with van der Waals surface area (Å²) in [6.07, 6.45) is 7.06. The molecule has 0 saturated heterocycles. The zero-order chi connectivity index (χ0) is 24.3. The Hall–Kier alpha value is -2.70. The molecule has 1 amide bonds. The van der Waals surface area contributed by atoms with Gasteiger partial charge in [-0.05, 0) is 79.0 Å². The molecule has 0 unspecified atom stereocenters. The van der Waals surface area contributed by atoms with Crippen molar-refractivity contribution in [1.82, 2.24) is 0 Å². The Morgan fingerprint density at radius 3 is 1.88 bits per heavy atom. The zero-order valence-electron chi connectivity index (χ0n) is 19.7. The van der Waals surface area contributed by atoms with Crippen molar-refractivity contribution in [3.63, 3.8) is 0 Å². The van der Waals surface area contributed by atoms with Crippen molar-refractivity contribution < 1.29 is 22.7 Å². The molecule has 0 aromatic heterocycles. The van der Waals surface area contributed by atoms with Gasteiger partial charge >= 0.3 is 6.36 Å². The summed E-state index contributed by atoms with van der Waals surface area (Å²) in [4.78, 5) is 13.3. The van der Waals surface area contributed by atoms with Gasteiger partial charge in [0.2, 0.25) is 5.91 Å². The van der Waals surface area contributed by atoms with Crippen LogP contribution in [-0.4, -0.2) is 19.3 Å². The lowest BCUT2D eigenvalue weighted by Crippen LogP contribution is -2.21. The summed E-state index contributed by atoms with van der Waals surface area (Å²) < 4.78 is 43.8. The normalized spacial score (nSPS) is 18.0. The van der Waals surface area contributed by atoms with Crippen LogP contribution in [0.2, 0.25) is 0 Å². The van der Waals surface area contributed by atoms with Crippen LogP contribution in [0, 0.1) is 0 Å². The number of hydrogen-bond donors (Lipinski definition) is 1. The summed E-state index contributed by atoms with van der Waals surface area (Å²) in [5.41, 5.74) is 8.89. The molecule has 0 heterocycles. The second-order valence-corrected chi connectivity index (χ2v) is 9.68. The van der Waals surface area contributed by atoms with Crippen molar-refractivity contribution in [2.24, 2.45) is 5.73 Å². The Balaban J connectivity index is 1.75. The van der Waals surface area contributed by atoms with Crippen LogP contribution < -0.4 is 15.4 Å². The molecule has 184 valence electrons. The van der Waals surface area contributed by atoms with E-state index in [2.05, 4.69) is 22.9 Å². The van der Waals surface area contributed by atoms with Crippen LogP contribution in [0.25, 0.3) is 0 Å². The van der Waals surface area contributed by atoms with Crippen LogP contribution in [0.4, 0.5) is 24.5 Å². The summed E-state index contributed by atoms with van der Waals surface area (Å²) in [6, 6.07) is 10.5. The molecular formula is C27H33F3N2O2. The van der Waals surface area contributed by atoms with Crippen molar-refractivity contribution >= 4 is 17.3 Å². The molecule has 2 aliphatic carbocycles. The van der Waals surface area contributed by atoms with Crippen molar-refractivity contribution in [2.45, 2.75) is 82.4 Å². The van der Waals surface area contributed by atoms with Crippen molar-refractivity contribution in [2.75, 3.05) is 11.9 Å². The van der Waals surface area contributed by atoms with Crippen molar-refractivity contribution in [3.05, 3.63) is 53.1 Å². The van der Waals surface area contributed by atoms with E-state index in [4.69, 9.17) is 5.73 Å². The molecule has 2 saturated carbocycles. The second-order valence-electron chi connectivity index (χ2n) is 9.68. The molecule has 0 atom stereocenters. The highest BCUT2D eigenvalue weighted by Crippen LogP contribution is 2.42. The van der Waals surface area contributed by atoms with E-state index >= 15 is 0 Å². The van der Waals surface area contributed by atoms with Gasteiger partial charge in [0, 0.05) is 18.3 Å². The highest BCUT2D eigenvalue weighted by atomic mass is 19.4. The lowest BCUT2D eigenvalue weighted by atomic mass is 9.79. The van der Waals surface area contributed by atoms with Crippen molar-refractivity contribution in [3.8, 4) is 5.75 Å². The van der Waals surface area contributed by atoms with E-state index in [9.17, 15) is 18.0 Å². The number of primary amides is 1. The third-order valence-electron chi connectivity index (χ3n) is 7.33. The van der Waals surface area contributed by atoms with Gasteiger partial charge in [0.25, 0.3) is 0 Å². The van der Waals surface area contributed by atoms with Crippen molar-refractivity contribution in [1.29, 1.82) is 0 Å². The Kier molecular flexibility index (Phi) is 7.39. The van der Waals surface area contributed by atoms with Crippen LogP contribution >= 0.6 is 0 Å². The average molecular weight is 475 g/mol. The number of halogens is 3. The summed E-state index contributed by atoms with van der Waals surface area (Å²) in [5, 5.41) is 0. The van der Waals surface area contributed by atoms with E-state index in [1.807, 2.05) is 0 Å². The Bertz CT molecular complexity index is 973. The Morgan fingerprint density at radius 1 is 0.882 bits per heavy atom. The van der Waals surface area contributed by atoms with Gasteiger partial charge in [-0.2, -0.15) is 0 Å². The van der Waals surface area contributed by atoms with E-state index in [1.54, 1.807) is 11.9 Å². The summed E-state index contributed by atoms with van der Waals surface area (Å²) >= 11 is 0. The highest BCUT2D eigenvalue weighted by Gasteiger charge is 2.33. The Labute approximate surface area is 199 Å². The predicted molar refractivity (Wildman–Crippen MR) is 128 cm³/mol. The van der Waals surface area contributed by atoms with Gasteiger partial charge in [-0.1, -0.05) is 44.6 Å². The molecule has 0 radical (unpaired) electrons. The molecule has 2 aliphatic rings. The third-order valence-corrected chi connectivity index (χ3v) is 7.33.